The van der Waals surface area contributed by atoms with E-state index < -0.39 is 11.6 Å². The number of rotatable bonds is 6. The van der Waals surface area contributed by atoms with Crippen molar-refractivity contribution in [2.45, 2.75) is 31.3 Å². The maximum absolute atomic E-state index is 14.0. The summed E-state index contributed by atoms with van der Waals surface area (Å²) >= 11 is 0. The first kappa shape index (κ1) is 24.8. The standard InChI is InChI=1S/C29H35N5O4/c1-29-18-23-22-17-21(38-3)8-9-24(22)30-25(23)26(19-6-4-7-20(35)16-19)34(29)28(37)33(27(29)36)11-5-10-32-14-12-31(2)13-15-32/h4,6-9,16-17,26,30,35H,5,10-15,18H2,1-3H3/t26-,29+/m1/s1. The summed E-state index contributed by atoms with van der Waals surface area (Å²) in [4.78, 5) is 39.4. The van der Waals surface area contributed by atoms with E-state index in [1.165, 1.54) is 4.90 Å². The van der Waals surface area contributed by atoms with Crippen LogP contribution in [0.3, 0.4) is 0 Å². The number of amides is 3. The number of aromatic hydroxyl groups is 1. The minimum Gasteiger partial charge on any atom is -0.508 e. The summed E-state index contributed by atoms with van der Waals surface area (Å²) in [5.74, 6) is 0.699. The second kappa shape index (κ2) is 9.32. The number of urea groups is 1. The Labute approximate surface area is 222 Å². The number of benzene rings is 2. The van der Waals surface area contributed by atoms with Crippen LogP contribution in [-0.2, 0) is 11.2 Å². The van der Waals surface area contributed by atoms with Crippen LogP contribution >= 0.6 is 0 Å². The van der Waals surface area contributed by atoms with Crippen LogP contribution in [0, 0.1) is 0 Å². The van der Waals surface area contributed by atoms with Crippen LogP contribution < -0.4 is 4.74 Å². The number of fused-ring (bicyclic) bond motifs is 4. The third kappa shape index (κ3) is 3.92. The van der Waals surface area contributed by atoms with E-state index in [-0.39, 0.29) is 17.7 Å². The Morgan fingerprint density at radius 3 is 2.61 bits per heavy atom. The number of phenolic OH excluding ortho intramolecular Hbond substituents is 1. The smallest absolute Gasteiger partial charge is 0.328 e. The van der Waals surface area contributed by atoms with E-state index in [4.69, 9.17) is 4.74 Å². The Morgan fingerprint density at radius 1 is 1.08 bits per heavy atom. The van der Waals surface area contributed by atoms with Gasteiger partial charge in [-0.3, -0.25) is 14.6 Å². The van der Waals surface area contributed by atoms with Gasteiger partial charge in [0.25, 0.3) is 5.91 Å². The fourth-order valence-corrected chi connectivity index (χ4v) is 6.38. The molecule has 0 saturated carbocycles. The van der Waals surface area contributed by atoms with E-state index in [0.717, 1.165) is 72.6 Å². The molecule has 200 valence electrons. The van der Waals surface area contributed by atoms with Gasteiger partial charge >= 0.3 is 6.03 Å². The maximum Gasteiger partial charge on any atom is 0.328 e. The lowest BCUT2D eigenvalue weighted by Crippen LogP contribution is -2.53. The van der Waals surface area contributed by atoms with Gasteiger partial charge in [0.15, 0.2) is 0 Å². The molecule has 38 heavy (non-hydrogen) atoms. The van der Waals surface area contributed by atoms with Crippen molar-refractivity contribution in [2.24, 2.45) is 0 Å². The molecule has 3 aliphatic rings. The fraction of sp³-hybridized carbons (Fsp3) is 0.448. The van der Waals surface area contributed by atoms with E-state index in [9.17, 15) is 14.7 Å². The molecule has 4 heterocycles. The Morgan fingerprint density at radius 2 is 1.87 bits per heavy atom. The Balaban J connectivity index is 1.36. The number of ether oxygens (including phenoxy) is 1. The van der Waals surface area contributed by atoms with Crippen molar-refractivity contribution < 1.29 is 19.4 Å². The number of methoxy groups -OCH3 is 1. The zero-order chi connectivity index (χ0) is 26.6. The molecule has 0 radical (unpaired) electrons. The number of H-pyrrole nitrogens is 1. The van der Waals surface area contributed by atoms with Gasteiger partial charge in [-0.05, 0) is 68.4 Å². The van der Waals surface area contributed by atoms with Crippen molar-refractivity contribution in [3.63, 3.8) is 0 Å². The van der Waals surface area contributed by atoms with Crippen LogP contribution in [0.2, 0.25) is 0 Å². The molecule has 0 aliphatic carbocycles. The van der Waals surface area contributed by atoms with Crippen molar-refractivity contribution >= 4 is 22.8 Å². The SMILES string of the molecule is COc1ccc2[nH]c3c(c2c1)C[C@@]1(C)C(=O)N(CCCN2CCN(C)CC2)C(=O)N1[C@@H]3c1cccc(O)c1. The first-order valence-corrected chi connectivity index (χ1v) is 13.3. The van der Waals surface area contributed by atoms with Crippen LogP contribution in [0.25, 0.3) is 10.9 Å². The molecule has 3 amide bonds. The predicted molar refractivity (Wildman–Crippen MR) is 144 cm³/mol. The molecule has 2 aromatic carbocycles. The first-order chi connectivity index (χ1) is 18.3. The van der Waals surface area contributed by atoms with Crippen LogP contribution in [0.5, 0.6) is 11.5 Å². The van der Waals surface area contributed by atoms with E-state index in [2.05, 4.69) is 21.8 Å². The van der Waals surface area contributed by atoms with Crippen LogP contribution in [0.1, 0.15) is 36.2 Å². The highest BCUT2D eigenvalue weighted by atomic mass is 16.5. The van der Waals surface area contributed by atoms with Gasteiger partial charge < -0.3 is 24.6 Å². The predicted octanol–water partition coefficient (Wildman–Crippen LogP) is 3.19. The molecule has 2 N–H and O–H groups in total. The highest BCUT2D eigenvalue weighted by Crippen LogP contribution is 2.49. The highest BCUT2D eigenvalue weighted by Gasteiger charge is 2.60. The van der Waals surface area contributed by atoms with Crippen LogP contribution in [0.4, 0.5) is 4.79 Å². The average Bonchev–Trinajstić information content (AvgIpc) is 3.35. The zero-order valence-corrected chi connectivity index (χ0v) is 22.2. The number of nitrogens with one attached hydrogen (secondary N) is 1. The monoisotopic (exact) mass is 517 g/mol. The lowest BCUT2D eigenvalue weighted by molar-refractivity contribution is -0.133. The van der Waals surface area contributed by atoms with Crippen molar-refractivity contribution in [1.29, 1.82) is 0 Å². The molecule has 2 atom stereocenters. The normalized spacial score (nSPS) is 24.2. The summed E-state index contributed by atoms with van der Waals surface area (Å²) in [6.45, 7) is 7.23. The van der Waals surface area contributed by atoms with Crippen molar-refractivity contribution in [1.82, 2.24) is 24.6 Å². The van der Waals surface area contributed by atoms with Gasteiger partial charge in [-0.2, -0.15) is 0 Å². The second-order valence-corrected chi connectivity index (χ2v) is 11.0. The van der Waals surface area contributed by atoms with E-state index in [1.54, 1.807) is 30.2 Å². The lowest BCUT2D eigenvalue weighted by Gasteiger charge is -2.42. The number of imide groups is 1. The maximum atomic E-state index is 14.0. The van der Waals surface area contributed by atoms with Crippen LogP contribution in [0.15, 0.2) is 42.5 Å². The number of hydrogen-bond acceptors (Lipinski definition) is 6. The molecular formula is C29H35N5O4. The quantitative estimate of drug-likeness (QED) is 0.488. The van der Waals surface area contributed by atoms with Gasteiger partial charge in [-0.1, -0.05) is 12.1 Å². The summed E-state index contributed by atoms with van der Waals surface area (Å²) in [5, 5.41) is 11.3. The van der Waals surface area contributed by atoms with Gasteiger partial charge in [0.05, 0.1) is 7.11 Å². The topological polar surface area (TPSA) is 92.4 Å². The van der Waals surface area contributed by atoms with Crippen molar-refractivity contribution in [2.75, 3.05) is 53.4 Å². The molecule has 3 aliphatic heterocycles. The fourth-order valence-electron chi connectivity index (χ4n) is 6.38. The highest BCUT2D eigenvalue weighted by molar-refractivity contribution is 6.08. The molecule has 2 fully saturated rings. The van der Waals surface area contributed by atoms with Gasteiger partial charge in [-0.15, -0.1) is 0 Å². The first-order valence-electron chi connectivity index (χ1n) is 13.3. The summed E-state index contributed by atoms with van der Waals surface area (Å²) in [7, 11) is 3.77. The minimum atomic E-state index is -1.04. The summed E-state index contributed by atoms with van der Waals surface area (Å²) in [5.41, 5.74) is 2.53. The number of hydrogen-bond donors (Lipinski definition) is 2. The molecular weight excluding hydrogens is 482 g/mol. The van der Waals surface area contributed by atoms with Gasteiger partial charge in [0.2, 0.25) is 0 Å². The number of aromatic nitrogens is 1. The molecule has 1 aromatic heterocycles. The van der Waals surface area contributed by atoms with Gasteiger partial charge in [0.1, 0.15) is 23.1 Å². The summed E-state index contributed by atoms with van der Waals surface area (Å²) in [6, 6.07) is 12.0. The molecule has 9 heteroatoms. The molecule has 2 saturated heterocycles. The number of carbonyl (C=O) groups is 2. The lowest BCUT2D eigenvalue weighted by atomic mass is 9.81. The second-order valence-electron chi connectivity index (χ2n) is 11.0. The molecule has 6 rings (SSSR count). The molecule has 9 nitrogen and oxygen atoms in total. The van der Waals surface area contributed by atoms with Crippen molar-refractivity contribution in [3.05, 3.63) is 59.3 Å². The average molecular weight is 518 g/mol. The number of nitrogens with zero attached hydrogens (tertiary/aromatic N) is 4. The molecule has 0 unspecified atom stereocenters. The Hall–Kier alpha value is -3.56. The number of aromatic amines is 1. The van der Waals surface area contributed by atoms with E-state index in [1.807, 2.05) is 31.2 Å². The number of piperazine rings is 1. The zero-order valence-electron chi connectivity index (χ0n) is 22.2. The Bertz CT molecular complexity index is 1390. The summed E-state index contributed by atoms with van der Waals surface area (Å²) < 4.78 is 5.48. The number of carbonyl (C=O) groups excluding carboxylic acids is 2. The third-order valence-corrected chi connectivity index (χ3v) is 8.51. The largest absolute Gasteiger partial charge is 0.508 e. The van der Waals surface area contributed by atoms with E-state index >= 15 is 0 Å². The number of phenols is 1. The van der Waals surface area contributed by atoms with E-state index in [0.29, 0.717) is 13.0 Å². The van der Waals surface area contributed by atoms with Gasteiger partial charge in [-0.25, -0.2) is 4.79 Å². The Kier molecular flexibility index (Phi) is 6.07. The van der Waals surface area contributed by atoms with Gasteiger partial charge in [0, 0.05) is 55.7 Å². The molecule has 3 aromatic rings. The summed E-state index contributed by atoms with van der Waals surface area (Å²) in [6.07, 6.45) is 1.15. The minimum absolute atomic E-state index is 0.121. The van der Waals surface area contributed by atoms with Crippen molar-refractivity contribution in [3.8, 4) is 11.5 Å². The third-order valence-electron chi connectivity index (χ3n) is 8.51. The number of likely N-dealkylation sites (N-methyl/N-ethyl adjacent to an activating group) is 1. The van der Waals surface area contributed by atoms with Crippen LogP contribution in [-0.4, -0.2) is 101 Å². The molecule has 0 bridgehead atoms. The molecule has 0 spiro atoms.